The number of amides is 2. The van der Waals surface area contributed by atoms with Crippen LogP contribution in [0.25, 0.3) is 0 Å². The summed E-state index contributed by atoms with van der Waals surface area (Å²) >= 11 is 6.06. The summed E-state index contributed by atoms with van der Waals surface area (Å²) in [4.78, 5) is 29.4. The van der Waals surface area contributed by atoms with Crippen molar-refractivity contribution in [1.82, 2.24) is 10.2 Å². The molecular weight excluding hydrogens is 468 g/mol. The van der Waals surface area contributed by atoms with E-state index in [-0.39, 0.29) is 24.3 Å². The minimum Gasteiger partial charge on any atom is -0.352 e. The van der Waals surface area contributed by atoms with Crippen molar-refractivity contribution in [2.45, 2.75) is 70.5 Å². The smallest absolute Gasteiger partial charge is 0.243 e. The van der Waals surface area contributed by atoms with Crippen LogP contribution in [0.5, 0.6) is 0 Å². The van der Waals surface area contributed by atoms with E-state index in [1.54, 1.807) is 17.0 Å². The van der Waals surface area contributed by atoms with Gasteiger partial charge in [-0.1, -0.05) is 103 Å². The Morgan fingerprint density at radius 1 is 0.889 bits per heavy atom. The van der Waals surface area contributed by atoms with Gasteiger partial charge in [0.1, 0.15) is 6.04 Å². The Morgan fingerprint density at radius 2 is 1.58 bits per heavy atom. The molecule has 0 spiro atoms. The normalized spacial score (nSPS) is 14.7. The first-order valence-electron chi connectivity index (χ1n) is 12.9. The Balaban J connectivity index is 1.65. The highest BCUT2D eigenvalue weighted by Crippen LogP contribution is 2.21. The summed E-state index contributed by atoms with van der Waals surface area (Å²) in [6.45, 7) is 2.42. The van der Waals surface area contributed by atoms with Gasteiger partial charge in [-0.05, 0) is 48.6 Å². The minimum atomic E-state index is -0.602. The molecule has 1 saturated carbocycles. The quantitative estimate of drug-likeness (QED) is 0.374. The van der Waals surface area contributed by atoms with Gasteiger partial charge in [0.25, 0.3) is 0 Å². The summed E-state index contributed by atoms with van der Waals surface area (Å²) in [5, 5.41) is 3.93. The van der Waals surface area contributed by atoms with Gasteiger partial charge in [0.2, 0.25) is 11.8 Å². The van der Waals surface area contributed by atoms with Crippen LogP contribution >= 0.6 is 11.6 Å². The minimum absolute atomic E-state index is 0.0668. The number of rotatable bonds is 9. The van der Waals surface area contributed by atoms with Crippen molar-refractivity contribution in [3.8, 4) is 0 Å². The molecule has 1 atom stereocenters. The van der Waals surface area contributed by atoms with Gasteiger partial charge in [0.15, 0.2) is 0 Å². The number of halogens is 1. The number of aryl methyl sites for hydroxylation is 1. The summed E-state index contributed by atoms with van der Waals surface area (Å²) < 4.78 is 0. The highest BCUT2D eigenvalue weighted by molar-refractivity contribution is 6.30. The van der Waals surface area contributed by atoms with E-state index < -0.39 is 6.04 Å². The Morgan fingerprint density at radius 3 is 2.28 bits per heavy atom. The molecule has 3 aromatic carbocycles. The lowest BCUT2D eigenvalue weighted by Crippen LogP contribution is -2.53. The molecule has 0 radical (unpaired) electrons. The zero-order valence-electron chi connectivity index (χ0n) is 21.0. The van der Waals surface area contributed by atoms with Crippen molar-refractivity contribution in [2.24, 2.45) is 0 Å². The van der Waals surface area contributed by atoms with E-state index in [0.717, 1.165) is 47.9 Å². The number of nitrogens with one attached hydrogen (secondary N) is 1. The number of nitrogens with zero attached hydrogens (tertiary/aromatic N) is 1. The maximum Gasteiger partial charge on any atom is 0.243 e. The number of hydrogen-bond acceptors (Lipinski definition) is 2. The molecule has 3 aromatic rings. The van der Waals surface area contributed by atoms with E-state index in [1.165, 1.54) is 6.42 Å². The highest BCUT2D eigenvalue weighted by Gasteiger charge is 2.32. The van der Waals surface area contributed by atoms with E-state index >= 15 is 0 Å². The van der Waals surface area contributed by atoms with Crippen LogP contribution in [0.4, 0.5) is 0 Å². The molecule has 5 heteroatoms. The van der Waals surface area contributed by atoms with Gasteiger partial charge in [-0.2, -0.15) is 0 Å². The molecule has 188 valence electrons. The van der Waals surface area contributed by atoms with Crippen molar-refractivity contribution < 1.29 is 9.59 Å². The fourth-order valence-electron chi connectivity index (χ4n) is 4.98. The van der Waals surface area contributed by atoms with E-state index in [1.807, 2.05) is 67.6 Å². The molecule has 4 rings (SSSR count). The molecule has 0 aliphatic heterocycles. The van der Waals surface area contributed by atoms with Gasteiger partial charge in [-0.15, -0.1) is 0 Å². The molecule has 36 heavy (non-hydrogen) atoms. The monoisotopic (exact) mass is 502 g/mol. The van der Waals surface area contributed by atoms with Crippen LogP contribution < -0.4 is 5.32 Å². The van der Waals surface area contributed by atoms with Crippen LogP contribution in [0, 0.1) is 6.92 Å². The van der Waals surface area contributed by atoms with E-state index in [4.69, 9.17) is 11.6 Å². The zero-order valence-corrected chi connectivity index (χ0v) is 21.7. The first-order chi connectivity index (χ1) is 17.5. The van der Waals surface area contributed by atoms with Gasteiger partial charge >= 0.3 is 0 Å². The molecule has 1 unspecified atom stereocenters. The maximum atomic E-state index is 13.8. The van der Waals surface area contributed by atoms with Gasteiger partial charge in [0, 0.05) is 24.0 Å². The van der Waals surface area contributed by atoms with Crippen molar-refractivity contribution in [2.75, 3.05) is 0 Å². The molecule has 1 fully saturated rings. The lowest BCUT2D eigenvalue weighted by atomic mass is 9.94. The van der Waals surface area contributed by atoms with Crippen LogP contribution in [0.1, 0.15) is 54.4 Å². The second-order valence-electron chi connectivity index (χ2n) is 9.86. The van der Waals surface area contributed by atoms with Crippen molar-refractivity contribution >= 4 is 23.4 Å². The standard InChI is InChI=1S/C31H35ClN2O2/c1-23-9-8-12-26(19-23)22-34(30(35)21-25-15-17-27(32)18-16-25)29(20-24-10-4-2-5-11-24)31(36)33-28-13-6-3-7-14-28/h2,4-5,8-12,15-19,28-29H,3,6-7,13-14,20-22H2,1H3,(H,33,36). The molecule has 1 aliphatic rings. The topological polar surface area (TPSA) is 49.4 Å². The Labute approximate surface area is 219 Å². The lowest BCUT2D eigenvalue weighted by molar-refractivity contribution is -0.141. The van der Waals surface area contributed by atoms with Gasteiger partial charge in [-0.3, -0.25) is 9.59 Å². The summed E-state index contributed by atoms with van der Waals surface area (Å²) in [6.07, 6.45) is 6.18. The number of carbonyl (C=O) groups is 2. The predicted octanol–water partition coefficient (Wildman–Crippen LogP) is 6.28. The maximum absolute atomic E-state index is 13.8. The van der Waals surface area contributed by atoms with Crippen LogP contribution in [-0.2, 0) is 29.0 Å². The van der Waals surface area contributed by atoms with Crippen LogP contribution in [-0.4, -0.2) is 28.8 Å². The molecule has 1 aliphatic carbocycles. The molecule has 0 bridgehead atoms. The largest absolute Gasteiger partial charge is 0.352 e. The third-order valence-corrected chi connectivity index (χ3v) is 7.18. The third kappa shape index (κ3) is 7.44. The van der Waals surface area contributed by atoms with Gasteiger partial charge < -0.3 is 10.2 Å². The lowest BCUT2D eigenvalue weighted by Gasteiger charge is -2.33. The number of benzene rings is 3. The summed E-state index contributed by atoms with van der Waals surface area (Å²) in [5.41, 5.74) is 4.06. The molecule has 0 saturated heterocycles. The molecule has 1 N–H and O–H groups in total. The molecule has 0 aromatic heterocycles. The van der Waals surface area contributed by atoms with Crippen molar-refractivity contribution in [1.29, 1.82) is 0 Å². The SMILES string of the molecule is Cc1cccc(CN(C(=O)Cc2ccc(Cl)cc2)C(Cc2ccccc2)C(=O)NC2CCCCC2)c1. The Hall–Kier alpha value is -3.11. The highest BCUT2D eigenvalue weighted by atomic mass is 35.5. The van der Waals surface area contributed by atoms with Crippen molar-refractivity contribution in [3.63, 3.8) is 0 Å². The Bertz CT molecular complexity index is 1140. The fourth-order valence-corrected chi connectivity index (χ4v) is 5.11. The average molecular weight is 503 g/mol. The van der Waals surface area contributed by atoms with E-state index in [0.29, 0.717) is 18.0 Å². The third-order valence-electron chi connectivity index (χ3n) is 6.93. The van der Waals surface area contributed by atoms with E-state index in [9.17, 15) is 9.59 Å². The number of carbonyl (C=O) groups excluding carboxylic acids is 2. The van der Waals surface area contributed by atoms with Gasteiger partial charge in [0.05, 0.1) is 6.42 Å². The average Bonchev–Trinajstić information content (AvgIpc) is 2.88. The first kappa shape index (κ1) is 26.0. The van der Waals surface area contributed by atoms with E-state index in [2.05, 4.69) is 11.4 Å². The summed E-state index contributed by atoms with van der Waals surface area (Å²) in [5.74, 6) is -0.138. The molecule has 4 nitrogen and oxygen atoms in total. The zero-order chi connectivity index (χ0) is 25.3. The summed E-state index contributed by atoms with van der Waals surface area (Å²) in [6, 6.07) is 25.0. The molecule has 2 amide bonds. The van der Waals surface area contributed by atoms with Gasteiger partial charge in [-0.25, -0.2) is 0 Å². The number of hydrogen-bond donors (Lipinski definition) is 1. The second kappa shape index (κ2) is 12.7. The predicted molar refractivity (Wildman–Crippen MR) is 146 cm³/mol. The molecular formula is C31H35ClN2O2. The first-order valence-corrected chi connectivity index (χ1v) is 13.3. The van der Waals surface area contributed by atoms with Crippen LogP contribution in [0.2, 0.25) is 5.02 Å². The second-order valence-corrected chi connectivity index (χ2v) is 10.3. The Kier molecular flexibility index (Phi) is 9.18. The van der Waals surface area contributed by atoms with Crippen LogP contribution in [0.3, 0.4) is 0 Å². The van der Waals surface area contributed by atoms with Crippen LogP contribution in [0.15, 0.2) is 78.9 Å². The fraction of sp³-hybridized carbons (Fsp3) is 0.355. The summed E-state index contributed by atoms with van der Waals surface area (Å²) in [7, 11) is 0. The van der Waals surface area contributed by atoms with Crippen molar-refractivity contribution in [3.05, 3.63) is 106 Å². The molecule has 0 heterocycles.